The maximum absolute atomic E-state index is 12.5. The molecule has 0 spiro atoms. The average Bonchev–Trinajstić information content (AvgIpc) is 2.98. The molecule has 0 aliphatic carbocycles. The molecule has 0 aromatic heterocycles. The molecule has 41 heavy (non-hydrogen) atoms. The zero-order valence-electron chi connectivity index (χ0n) is 22.9. The third-order valence-corrected chi connectivity index (χ3v) is 6.61. The fourth-order valence-electron chi connectivity index (χ4n) is 3.89. The van der Waals surface area contributed by atoms with E-state index in [-0.39, 0.29) is 12.5 Å². The third-order valence-electron chi connectivity index (χ3n) is 6.02. The molecule has 0 radical (unpaired) electrons. The van der Waals surface area contributed by atoms with E-state index in [0.29, 0.717) is 40.1 Å². The maximum atomic E-state index is 12.5. The van der Waals surface area contributed by atoms with Crippen LogP contribution in [0.4, 0.5) is 5.69 Å². The molecule has 2 N–H and O–H groups in total. The number of halogens is 1. The first kappa shape index (κ1) is 29.2. The number of rotatable bonds is 11. The molecule has 4 rings (SSSR count). The van der Waals surface area contributed by atoms with Crippen molar-refractivity contribution < 1.29 is 23.8 Å². The summed E-state index contributed by atoms with van der Waals surface area (Å²) in [5.74, 6) is 0.997. The van der Waals surface area contributed by atoms with Crippen molar-refractivity contribution in [2.75, 3.05) is 19.0 Å². The van der Waals surface area contributed by atoms with Crippen molar-refractivity contribution in [1.29, 1.82) is 0 Å². The molecule has 0 atom stereocenters. The van der Waals surface area contributed by atoms with Crippen molar-refractivity contribution in [1.82, 2.24) is 5.43 Å². The van der Waals surface area contributed by atoms with Gasteiger partial charge in [0.15, 0.2) is 18.1 Å². The fraction of sp³-hybridized carbons (Fsp3) is 0.156. The van der Waals surface area contributed by atoms with Crippen molar-refractivity contribution in [3.63, 3.8) is 0 Å². The molecule has 0 bridgehead atoms. The summed E-state index contributed by atoms with van der Waals surface area (Å²) in [7, 11) is 1.56. The molecule has 9 heteroatoms. The molecule has 0 unspecified atom stereocenters. The molecule has 2 amide bonds. The van der Waals surface area contributed by atoms with Gasteiger partial charge in [-0.2, -0.15) is 5.10 Å². The van der Waals surface area contributed by atoms with Gasteiger partial charge in [0.1, 0.15) is 12.4 Å². The standard InChI is InChI=1S/C32H30ClN3O5/c1-21-15-27(16-22(2)31(21)33)40-20-30(37)35-26-12-10-25(11-13-26)32(38)36-34-18-24-9-14-28(29(17-24)39-3)41-19-23-7-5-4-6-8-23/h4-18H,19-20H2,1-3H3,(H,35,37)(H,36,38)/b34-18+. The number of nitrogens with one attached hydrogen (secondary N) is 2. The second kappa shape index (κ2) is 14.0. The van der Waals surface area contributed by atoms with Crippen molar-refractivity contribution >= 4 is 35.3 Å². The van der Waals surface area contributed by atoms with E-state index in [1.54, 1.807) is 55.6 Å². The van der Waals surface area contributed by atoms with Crippen LogP contribution in [0.25, 0.3) is 0 Å². The van der Waals surface area contributed by atoms with E-state index >= 15 is 0 Å². The fourth-order valence-corrected chi connectivity index (χ4v) is 4.00. The molecule has 0 saturated heterocycles. The van der Waals surface area contributed by atoms with E-state index in [2.05, 4.69) is 15.8 Å². The summed E-state index contributed by atoms with van der Waals surface area (Å²) in [5, 5.41) is 7.46. The van der Waals surface area contributed by atoms with Gasteiger partial charge in [-0.3, -0.25) is 9.59 Å². The lowest BCUT2D eigenvalue weighted by Gasteiger charge is -2.11. The van der Waals surface area contributed by atoms with Crippen molar-refractivity contribution in [2.24, 2.45) is 5.10 Å². The van der Waals surface area contributed by atoms with Crippen LogP contribution in [0.15, 0.2) is 90.0 Å². The summed E-state index contributed by atoms with van der Waals surface area (Å²) in [6.45, 7) is 4.01. The number of hydrogen-bond acceptors (Lipinski definition) is 6. The molecular weight excluding hydrogens is 542 g/mol. The average molecular weight is 572 g/mol. The molecule has 0 heterocycles. The summed E-state index contributed by atoms with van der Waals surface area (Å²) in [6.07, 6.45) is 1.51. The Labute approximate surface area is 243 Å². The summed E-state index contributed by atoms with van der Waals surface area (Å²) >= 11 is 6.17. The zero-order valence-corrected chi connectivity index (χ0v) is 23.7. The van der Waals surface area contributed by atoms with Gasteiger partial charge in [-0.25, -0.2) is 5.43 Å². The highest BCUT2D eigenvalue weighted by Gasteiger charge is 2.09. The number of amides is 2. The summed E-state index contributed by atoms with van der Waals surface area (Å²) in [5.41, 5.74) is 6.93. The van der Waals surface area contributed by atoms with Crippen LogP contribution in [0.1, 0.15) is 32.6 Å². The van der Waals surface area contributed by atoms with Crippen LogP contribution in [0.2, 0.25) is 5.02 Å². The number of carbonyl (C=O) groups excluding carboxylic acids is 2. The van der Waals surface area contributed by atoms with Crippen molar-refractivity contribution in [3.8, 4) is 17.2 Å². The first-order valence-corrected chi connectivity index (χ1v) is 13.2. The number of carbonyl (C=O) groups is 2. The molecular formula is C32H30ClN3O5. The lowest BCUT2D eigenvalue weighted by Crippen LogP contribution is -2.20. The molecule has 0 aliphatic rings. The van der Waals surface area contributed by atoms with Crippen molar-refractivity contribution in [3.05, 3.63) is 118 Å². The Morgan fingerprint density at radius 2 is 1.59 bits per heavy atom. The highest BCUT2D eigenvalue weighted by Crippen LogP contribution is 2.28. The van der Waals surface area contributed by atoms with Crippen LogP contribution in [0, 0.1) is 13.8 Å². The number of hydrogen-bond donors (Lipinski definition) is 2. The highest BCUT2D eigenvalue weighted by atomic mass is 35.5. The first-order chi connectivity index (χ1) is 19.8. The number of nitrogens with zero attached hydrogens (tertiary/aromatic N) is 1. The smallest absolute Gasteiger partial charge is 0.271 e. The van der Waals surface area contributed by atoms with E-state index in [1.807, 2.05) is 50.2 Å². The zero-order chi connectivity index (χ0) is 29.2. The Bertz CT molecular complexity index is 1520. The number of ether oxygens (including phenoxy) is 3. The van der Waals surface area contributed by atoms with Crippen molar-refractivity contribution in [2.45, 2.75) is 20.5 Å². The van der Waals surface area contributed by atoms with Gasteiger partial charge in [-0.15, -0.1) is 0 Å². The second-order valence-electron chi connectivity index (χ2n) is 9.17. The molecule has 210 valence electrons. The number of aryl methyl sites for hydroxylation is 2. The van der Waals surface area contributed by atoms with Gasteiger partial charge in [0, 0.05) is 16.3 Å². The largest absolute Gasteiger partial charge is 0.493 e. The van der Waals surface area contributed by atoms with Gasteiger partial charge in [0.05, 0.1) is 13.3 Å². The van der Waals surface area contributed by atoms with Gasteiger partial charge < -0.3 is 19.5 Å². The second-order valence-corrected chi connectivity index (χ2v) is 9.55. The minimum Gasteiger partial charge on any atom is -0.493 e. The van der Waals surface area contributed by atoms with Gasteiger partial charge >= 0.3 is 0 Å². The number of methoxy groups -OCH3 is 1. The summed E-state index contributed by atoms with van der Waals surface area (Å²) < 4.78 is 16.9. The minimum absolute atomic E-state index is 0.164. The number of anilines is 1. The molecule has 8 nitrogen and oxygen atoms in total. The van der Waals surface area contributed by atoms with Crippen LogP contribution in [0.5, 0.6) is 17.2 Å². The predicted octanol–water partition coefficient (Wildman–Crippen LogP) is 6.33. The lowest BCUT2D eigenvalue weighted by atomic mass is 10.1. The lowest BCUT2D eigenvalue weighted by molar-refractivity contribution is -0.118. The minimum atomic E-state index is -0.397. The van der Waals surface area contributed by atoms with E-state index < -0.39 is 5.91 Å². The van der Waals surface area contributed by atoms with E-state index in [0.717, 1.165) is 22.3 Å². The van der Waals surface area contributed by atoms with Crippen LogP contribution >= 0.6 is 11.6 Å². The van der Waals surface area contributed by atoms with Crippen LogP contribution < -0.4 is 25.0 Å². The molecule has 4 aromatic rings. The van der Waals surface area contributed by atoms with Gasteiger partial charge in [-0.1, -0.05) is 41.9 Å². The Balaban J connectivity index is 1.26. The highest BCUT2D eigenvalue weighted by molar-refractivity contribution is 6.32. The number of benzene rings is 4. The predicted molar refractivity (Wildman–Crippen MR) is 160 cm³/mol. The van der Waals surface area contributed by atoms with Gasteiger partial charge in [-0.05, 0) is 90.7 Å². The van der Waals surface area contributed by atoms with E-state index in [1.165, 1.54) is 6.21 Å². The SMILES string of the molecule is COc1cc(/C=N/NC(=O)c2ccc(NC(=O)COc3cc(C)c(Cl)c(C)c3)cc2)ccc1OCc1ccccc1. The normalized spacial score (nSPS) is 10.7. The van der Waals surface area contributed by atoms with Crippen LogP contribution in [-0.2, 0) is 11.4 Å². The Hall–Kier alpha value is -4.82. The van der Waals surface area contributed by atoms with Gasteiger partial charge in [0.2, 0.25) is 0 Å². The quantitative estimate of drug-likeness (QED) is 0.162. The molecule has 0 saturated carbocycles. The van der Waals surface area contributed by atoms with Crippen LogP contribution in [-0.4, -0.2) is 31.7 Å². The monoisotopic (exact) mass is 571 g/mol. The van der Waals surface area contributed by atoms with E-state index in [4.69, 9.17) is 25.8 Å². The third kappa shape index (κ3) is 8.33. The maximum Gasteiger partial charge on any atom is 0.271 e. The Kier molecular flexibility index (Phi) is 9.96. The number of hydrazone groups is 1. The molecule has 4 aromatic carbocycles. The Morgan fingerprint density at radius 3 is 2.27 bits per heavy atom. The Morgan fingerprint density at radius 1 is 0.878 bits per heavy atom. The first-order valence-electron chi connectivity index (χ1n) is 12.8. The van der Waals surface area contributed by atoms with Gasteiger partial charge in [0.25, 0.3) is 11.8 Å². The molecule has 0 aliphatic heterocycles. The topological polar surface area (TPSA) is 98.2 Å². The summed E-state index contributed by atoms with van der Waals surface area (Å²) in [6, 6.07) is 25.2. The molecule has 0 fully saturated rings. The van der Waals surface area contributed by atoms with Crippen LogP contribution in [0.3, 0.4) is 0 Å². The summed E-state index contributed by atoms with van der Waals surface area (Å²) in [4.78, 5) is 24.8. The van der Waals surface area contributed by atoms with E-state index in [9.17, 15) is 9.59 Å².